The summed E-state index contributed by atoms with van der Waals surface area (Å²) in [6.07, 6.45) is 6.06. The lowest BCUT2D eigenvalue weighted by Gasteiger charge is -2.19. The number of sulfonamides is 1. The molecular weight excluding hydrogens is 394 g/mol. The van der Waals surface area contributed by atoms with Crippen LogP contribution in [0.25, 0.3) is 11.0 Å². The number of nitrogen functional groups attached to an aromatic ring is 1. The van der Waals surface area contributed by atoms with E-state index in [0.717, 1.165) is 48.2 Å². The van der Waals surface area contributed by atoms with Crippen molar-refractivity contribution >= 4 is 26.9 Å². The minimum absolute atomic E-state index is 0.326. The Morgan fingerprint density at radius 3 is 2.66 bits per heavy atom. The Balaban J connectivity index is 1.80. The Morgan fingerprint density at radius 2 is 1.93 bits per heavy atom. The van der Waals surface area contributed by atoms with Crippen molar-refractivity contribution in [1.82, 2.24) is 18.8 Å². The number of pyridine rings is 1. The summed E-state index contributed by atoms with van der Waals surface area (Å²) in [5.74, 6) is 1.39. The molecule has 2 N–H and O–H groups in total. The third-order valence-electron chi connectivity index (χ3n) is 5.37. The molecule has 1 aliphatic carbocycles. The smallest absolute Gasteiger partial charge is 0.211 e. The van der Waals surface area contributed by atoms with E-state index in [1.165, 1.54) is 16.1 Å². The molecule has 0 amide bonds. The van der Waals surface area contributed by atoms with Gasteiger partial charge >= 0.3 is 0 Å². The van der Waals surface area contributed by atoms with E-state index >= 15 is 0 Å². The molecule has 0 spiro atoms. The molecule has 29 heavy (non-hydrogen) atoms. The van der Waals surface area contributed by atoms with Crippen LogP contribution in [-0.2, 0) is 45.3 Å². The van der Waals surface area contributed by atoms with Gasteiger partial charge in [0, 0.05) is 39.4 Å². The van der Waals surface area contributed by atoms with Crippen LogP contribution in [0.5, 0.6) is 0 Å². The Labute approximate surface area is 172 Å². The first-order chi connectivity index (χ1) is 13.8. The fourth-order valence-corrected chi connectivity index (χ4v) is 4.10. The van der Waals surface area contributed by atoms with Crippen LogP contribution in [0, 0.1) is 0 Å². The summed E-state index contributed by atoms with van der Waals surface area (Å²) >= 11 is 0. The van der Waals surface area contributed by atoms with E-state index in [-0.39, 0.29) is 0 Å². The van der Waals surface area contributed by atoms with Gasteiger partial charge in [-0.15, -0.1) is 0 Å². The number of aromatic nitrogens is 3. The van der Waals surface area contributed by atoms with E-state index in [2.05, 4.69) is 9.55 Å². The van der Waals surface area contributed by atoms with Gasteiger partial charge in [0.15, 0.2) is 5.82 Å². The monoisotopic (exact) mass is 425 g/mol. The molecule has 3 rings (SSSR count). The lowest BCUT2D eigenvalue weighted by atomic mass is 9.95. The van der Waals surface area contributed by atoms with Crippen LogP contribution in [0.2, 0.25) is 0 Å². The molecule has 0 aliphatic heterocycles. The fraction of sp³-hybridized carbons (Fsp3) is 0.684. The van der Waals surface area contributed by atoms with Crippen LogP contribution in [-0.4, -0.2) is 74.0 Å². The average molecular weight is 426 g/mol. The van der Waals surface area contributed by atoms with Gasteiger partial charge in [-0.2, -0.15) is 0 Å². The molecule has 2 aromatic heterocycles. The molecular formula is C19H31N5O4S. The first-order valence-electron chi connectivity index (χ1n) is 9.97. The molecule has 2 heterocycles. The fourth-order valence-electron chi connectivity index (χ4n) is 3.69. The molecule has 0 unspecified atom stereocenters. The molecule has 0 aromatic carbocycles. The van der Waals surface area contributed by atoms with Gasteiger partial charge in [0.25, 0.3) is 0 Å². The summed E-state index contributed by atoms with van der Waals surface area (Å²) in [7, 11) is 0.0307. The SMILES string of the molecule is COCCc1nc2c(N)nc3c(c2n1CCOCCN(C)S(C)(=O)=O)CCCC3. The molecule has 2 aromatic rings. The van der Waals surface area contributed by atoms with Crippen LogP contribution < -0.4 is 5.73 Å². The molecule has 0 saturated heterocycles. The van der Waals surface area contributed by atoms with Gasteiger partial charge in [0.05, 0.1) is 31.6 Å². The molecule has 162 valence electrons. The summed E-state index contributed by atoms with van der Waals surface area (Å²) in [4.78, 5) is 9.38. The highest BCUT2D eigenvalue weighted by molar-refractivity contribution is 7.88. The van der Waals surface area contributed by atoms with Gasteiger partial charge in [0.1, 0.15) is 11.3 Å². The minimum atomic E-state index is -3.19. The van der Waals surface area contributed by atoms with Crippen LogP contribution in [0.1, 0.15) is 29.9 Å². The molecule has 0 fully saturated rings. The second-order valence-corrected chi connectivity index (χ2v) is 9.54. The molecule has 9 nitrogen and oxygen atoms in total. The molecule has 10 heteroatoms. The predicted octanol–water partition coefficient (Wildman–Crippen LogP) is 0.989. The maximum atomic E-state index is 11.5. The number of methoxy groups -OCH3 is 1. The highest BCUT2D eigenvalue weighted by atomic mass is 32.2. The maximum absolute atomic E-state index is 11.5. The number of nitrogens with zero attached hydrogens (tertiary/aromatic N) is 4. The van der Waals surface area contributed by atoms with Crippen LogP contribution >= 0.6 is 0 Å². The average Bonchev–Trinajstić information content (AvgIpc) is 3.04. The second-order valence-electron chi connectivity index (χ2n) is 7.45. The standard InChI is InChI=1S/C19H31N5O4S/c1-23(29(3,25)26)9-12-28-13-10-24-16(8-11-27-2)22-17-18(24)14-6-4-5-7-15(14)21-19(17)20/h4-13H2,1-3H3,(H2,20,21). The zero-order chi connectivity index (χ0) is 21.0. The van der Waals surface area contributed by atoms with Gasteiger partial charge in [-0.3, -0.25) is 0 Å². The van der Waals surface area contributed by atoms with E-state index < -0.39 is 10.0 Å². The minimum Gasteiger partial charge on any atom is -0.384 e. The van der Waals surface area contributed by atoms with Crippen molar-refractivity contribution in [1.29, 1.82) is 0 Å². The molecule has 0 bridgehead atoms. The number of anilines is 1. The van der Waals surface area contributed by atoms with Crippen LogP contribution in [0.15, 0.2) is 0 Å². The molecule has 0 radical (unpaired) electrons. The number of aryl methyl sites for hydroxylation is 2. The second kappa shape index (κ2) is 9.38. The highest BCUT2D eigenvalue weighted by Gasteiger charge is 2.22. The van der Waals surface area contributed by atoms with Gasteiger partial charge in [-0.1, -0.05) is 0 Å². The number of likely N-dealkylation sites (N-methyl/N-ethyl adjacent to an activating group) is 1. The Morgan fingerprint density at radius 1 is 1.17 bits per heavy atom. The largest absolute Gasteiger partial charge is 0.384 e. The Kier molecular flexibility index (Phi) is 7.10. The number of fused-ring (bicyclic) bond motifs is 3. The van der Waals surface area contributed by atoms with Gasteiger partial charge < -0.3 is 19.8 Å². The first kappa shape index (κ1) is 21.9. The Hall–Kier alpha value is -1.75. The number of nitrogens with two attached hydrogens (primary N) is 1. The summed E-state index contributed by atoms with van der Waals surface area (Å²) in [5, 5.41) is 0. The number of hydrogen-bond acceptors (Lipinski definition) is 7. The lowest BCUT2D eigenvalue weighted by Crippen LogP contribution is -2.29. The van der Waals surface area contributed by atoms with Crippen LogP contribution in [0.4, 0.5) is 5.82 Å². The molecule has 0 saturated carbocycles. The number of ether oxygens (including phenoxy) is 2. The first-order valence-corrected chi connectivity index (χ1v) is 11.8. The van der Waals surface area contributed by atoms with Crippen molar-refractivity contribution in [2.45, 2.75) is 38.6 Å². The van der Waals surface area contributed by atoms with E-state index in [4.69, 9.17) is 20.2 Å². The number of imidazole rings is 1. The summed E-state index contributed by atoms with van der Waals surface area (Å²) in [6, 6.07) is 0. The topological polar surface area (TPSA) is 113 Å². The van der Waals surface area contributed by atoms with E-state index in [0.29, 0.717) is 45.1 Å². The summed E-state index contributed by atoms with van der Waals surface area (Å²) in [5.41, 5.74) is 10.4. The summed E-state index contributed by atoms with van der Waals surface area (Å²) in [6.45, 7) is 2.31. The predicted molar refractivity (Wildman–Crippen MR) is 112 cm³/mol. The van der Waals surface area contributed by atoms with Crippen molar-refractivity contribution < 1.29 is 17.9 Å². The zero-order valence-electron chi connectivity index (χ0n) is 17.5. The van der Waals surface area contributed by atoms with E-state index in [9.17, 15) is 8.42 Å². The maximum Gasteiger partial charge on any atom is 0.211 e. The van der Waals surface area contributed by atoms with Crippen molar-refractivity contribution in [2.75, 3.05) is 52.5 Å². The van der Waals surface area contributed by atoms with Gasteiger partial charge in [-0.25, -0.2) is 22.7 Å². The molecule has 1 aliphatic rings. The lowest BCUT2D eigenvalue weighted by molar-refractivity contribution is 0.118. The third kappa shape index (κ3) is 5.06. The quantitative estimate of drug-likeness (QED) is 0.565. The van der Waals surface area contributed by atoms with Crippen molar-refractivity contribution in [3.8, 4) is 0 Å². The Bertz CT molecular complexity index is 957. The molecule has 0 atom stereocenters. The van der Waals surface area contributed by atoms with Crippen molar-refractivity contribution in [3.63, 3.8) is 0 Å². The van der Waals surface area contributed by atoms with Gasteiger partial charge in [-0.05, 0) is 31.2 Å². The van der Waals surface area contributed by atoms with E-state index in [1.807, 2.05) is 0 Å². The summed E-state index contributed by atoms with van der Waals surface area (Å²) < 4.78 is 37.4. The van der Waals surface area contributed by atoms with E-state index in [1.54, 1.807) is 14.2 Å². The zero-order valence-corrected chi connectivity index (χ0v) is 18.3. The van der Waals surface area contributed by atoms with Crippen molar-refractivity contribution in [2.24, 2.45) is 0 Å². The highest BCUT2D eigenvalue weighted by Crippen LogP contribution is 2.31. The number of rotatable bonds is 10. The van der Waals surface area contributed by atoms with Crippen molar-refractivity contribution in [3.05, 3.63) is 17.1 Å². The third-order valence-corrected chi connectivity index (χ3v) is 6.69. The normalized spacial score (nSPS) is 14.6. The van der Waals surface area contributed by atoms with Gasteiger partial charge in [0.2, 0.25) is 10.0 Å². The number of hydrogen-bond donors (Lipinski definition) is 1. The van der Waals surface area contributed by atoms with Crippen LogP contribution in [0.3, 0.4) is 0 Å².